The van der Waals surface area contributed by atoms with Gasteiger partial charge in [0, 0.05) is 5.69 Å². The number of aryl methyl sites for hydroxylation is 2. The molecule has 18 heavy (non-hydrogen) atoms. The first-order chi connectivity index (χ1) is 8.67. The van der Waals surface area contributed by atoms with Crippen LogP contribution in [-0.4, -0.2) is 23.2 Å². The molecule has 2 bridgehead atoms. The Balaban J connectivity index is 1.86. The van der Waals surface area contributed by atoms with Gasteiger partial charge in [-0.2, -0.15) is 5.26 Å². The number of ether oxygens (including phenoxy) is 1. The normalized spacial score (nSPS) is 29.3. The van der Waals surface area contributed by atoms with Crippen LogP contribution >= 0.6 is 0 Å². The third-order valence-corrected chi connectivity index (χ3v) is 3.88. The number of fused-ring (bicyclic) bond motifs is 2. The lowest BCUT2D eigenvalue weighted by Crippen LogP contribution is -2.31. The molecule has 0 spiro atoms. The predicted molar refractivity (Wildman–Crippen MR) is 68.3 cm³/mol. The first-order valence-electron chi connectivity index (χ1n) is 6.47. The second-order valence-corrected chi connectivity index (χ2v) is 5.28. The van der Waals surface area contributed by atoms with Crippen LogP contribution in [0.15, 0.2) is 6.07 Å². The molecule has 0 aromatic carbocycles. The van der Waals surface area contributed by atoms with E-state index in [9.17, 15) is 5.26 Å². The molecule has 4 nitrogen and oxygen atoms in total. The van der Waals surface area contributed by atoms with Gasteiger partial charge in [0.05, 0.1) is 23.8 Å². The van der Waals surface area contributed by atoms with Crippen molar-refractivity contribution in [1.82, 2.24) is 4.98 Å². The molecule has 2 fully saturated rings. The van der Waals surface area contributed by atoms with Crippen molar-refractivity contribution in [2.75, 3.05) is 5.32 Å². The number of rotatable bonds is 2. The molecule has 3 rings (SSSR count). The van der Waals surface area contributed by atoms with Crippen molar-refractivity contribution in [3.8, 4) is 6.07 Å². The van der Waals surface area contributed by atoms with Crippen LogP contribution in [-0.2, 0) is 4.74 Å². The van der Waals surface area contributed by atoms with Gasteiger partial charge in [-0.15, -0.1) is 0 Å². The molecule has 0 amide bonds. The number of pyridine rings is 1. The molecule has 1 aromatic rings. The van der Waals surface area contributed by atoms with Crippen molar-refractivity contribution in [2.24, 2.45) is 0 Å². The lowest BCUT2D eigenvalue weighted by atomic mass is 9.95. The van der Waals surface area contributed by atoms with E-state index in [0.717, 1.165) is 29.9 Å². The van der Waals surface area contributed by atoms with Gasteiger partial charge < -0.3 is 10.1 Å². The first kappa shape index (κ1) is 11.5. The van der Waals surface area contributed by atoms with Crippen LogP contribution in [0.5, 0.6) is 0 Å². The van der Waals surface area contributed by atoms with E-state index in [1.807, 2.05) is 19.9 Å². The van der Waals surface area contributed by atoms with Gasteiger partial charge in [-0.1, -0.05) is 0 Å². The maximum absolute atomic E-state index is 9.23. The van der Waals surface area contributed by atoms with Gasteiger partial charge >= 0.3 is 0 Å². The number of nitrogens with one attached hydrogen (secondary N) is 1. The Morgan fingerprint density at radius 2 is 2.28 bits per heavy atom. The van der Waals surface area contributed by atoms with E-state index in [1.165, 1.54) is 6.42 Å². The summed E-state index contributed by atoms with van der Waals surface area (Å²) < 4.78 is 5.82. The zero-order valence-corrected chi connectivity index (χ0v) is 10.7. The molecule has 0 saturated carbocycles. The molecule has 0 aliphatic carbocycles. The second-order valence-electron chi connectivity index (χ2n) is 5.28. The van der Waals surface area contributed by atoms with Crippen LogP contribution in [0.2, 0.25) is 0 Å². The number of anilines is 1. The summed E-state index contributed by atoms with van der Waals surface area (Å²) in [5.74, 6) is 0.719. The summed E-state index contributed by atoms with van der Waals surface area (Å²) in [6.45, 7) is 3.91. The van der Waals surface area contributed by atoms with Gasteiger partial charge in [0.2, 0.25) is 0 Å². The number of hydrogen-bond acceptors (Lipinski definition) is 4. The zero-order valence-electron chi connectivity index (χ0n) is 10.7. The Labute approximate surface area is 107 Å². The van der Waals surface area contributed by atoms with Crippen molar-refractivity contribution in [2.45, 2.75) is 51.4 Å². The van der Waals surface area contributed by atoms with Gasteiger partial charge in [0.1, 0.15) is 11.9 Å². The maximum atomic E-state index is 9.23. The topological polar surface area (TPSA) is 57.9 Å². The molecule has 2 aliphatic heterocycles. The Morgan fingerprint density at radius 1 is 1.44 bits per heavy atom. The number of aromatic nitrogens is 1. The fraction of sp³-hybridized carbons (Fsp3) is 0.571. The van der Waals surface area contributed by atoms with Gasteiger partial charge in [0.25, 0.3) is 0 Å². The minimum absolute atomic E-state index is 0.296. The summed E-state index contributed by atoms with van der Waals surface area (Å²) in [6, 6.07) is 4.50. The van der Waals surface area contributed by atoms with Crippen LogP contribution < -0.4 is 5.32 Å². The minimum Gasteiger partial charge on any atom is -0.373 e. The zero-order chi connectivity index (χ0) is 12.7. The summed E-state index contributed by atoms with van der Waals surface area (Å²) in [5, 5.41) is 12.6. The van der Waals surface area contributed by atoms with Crippen molar-refractivity contribution in [3.05, 3.63) is 22.9 Å². The molecule has 1 N–H and O–H groups in total. The average molecular weight is 243 g/mol. The standard InChI is InChI=1S/C14H17N3O/c1-8-5-9(2)16-14(11(8)7-15)17-12-6-10-3-4-13(12)18-10/h5,10,12-13H,3-4,6H2,1-2H3,(H,16,17)/t10-,12+,13-/m1/s1. The van der Waals surface area contributed by atoms with Gasteiger partial charge in [-0.05, 0) is 44.7 Å². The molecular formula is C14H17N3O. The molecule has 0 radical (unpaired) electrons. The SMILES string of the molecule is Cc1cc(C)c(C#N)c(N[C@H]2C[C@H]3CC[C@H]2O3)n1. The quantitative estimate of drug-likeness (QED) is 0.866. The largest absolute Gasteiger partial charge is 0.373 e. The van der Waals surface area contributed by atoms with E-state index in [1.54, 1.807) is 0 Å². The average Bonchev–Trinajstić information content (AvgIpc) is 2.90. The molecule has 3 atom stereocenters. The Morgan fingerprint density at radius 3 is 2.89 bits per heavy atom. The Kier molecular flexibility index (Phi) is 2.71. The smallest absolute Gasteiger partial charge is 0.144 e. The monoisotopic (exact) mass is 243 g/mol. The minimum atomic E-state index is 0.296. The van der Waals surface area contributed by atoms with E-state index in [0.29, 0.717) is 23.8 Å². The highest BCUT2D eigenvalue weighted by atomic mass is 16.5. The number of nitrogens with zero attached hydrogens (tertiary/aromatic N) is 2. The molecule has 2 aliphatic rings. The van der Waals surface area contributed by atoms with E-state index in [-0.39, 0.29) is 0 Å². The molecule has 0 unspecified atom stereocenters. The molecule has 3 heterocycles. The maximum Gasteiger partial charge on any atom is 0.144 e. The van der Waals surface area contributed by atoms with Crippen molar-refractivity contribution in [1.29, 1.82) is 5.26 Å². The summed E-state index contributed by atoms with van der Waals surface area (Å²) >= 11 is 0. The lowest BCUT2D eigenvalue weighted by Gasteiger charge is -2.21. The summed E-state index contributed by atoms with van der Waals surface area (Å²) in [5.41, 5.74) is 2.58. The van der Waals surface area contributed by atoms with Crippen molar-refractivity contribution in [3.63, 3.8) is 0 Å². The highest BCUT2D eigenvalue weighted by Crippen LogP contribution is 2.36. The van der Waals surface area contributed by atoms with Crippen molar-refractivity contribution < 1.29 is 4.74 Å². The fourth-order valence-electron chi connectivity index (χ4n) is 3.05. The Hall–Kier alpha value is -1.60. The number of hydrogen-bond donors (Lipinski definition) is 1. The molecule has 4 heteroatoms. The summed E-state index contributed by atoms with van der Waals surface area (Å²) in [6.07, 6.45) is 4.03. The van der Waals surface area contributed by atoms with Crippen LogP contribution in [0.1, 0.15) is 36.1 Å². The molecule has 1 aromatic heterocycles. The van der Waals surface area contributed by atoms with E-state index >= 15 is 0 Å². The first-order valence-corrected chi connectivity index (χ1v) is 6.47. The van der Waals surface area contributed by atoms with E-state index < -0.39 is 0 Å². The highest BCUT2D eigenvalue weighted by Gasteiger charge is 2.41. The second kappa shape index (κ2) is 4.25. The molecule has 94 valence electrons. The molecular weight excluding hydrogens is 226 g/mol. The third-order valence-electron chi connectivity index (χ3n) is 3.88. The molecule has 2 saturated heterocycles. The van der Waals surface area contributed by atoms with E-state index in [2.05, 4.69) is 16.4 Å². The highest BCUT2D eigenvalue weighted by molar-refractivity contribution is 5.57. The van der Waals surface area contributed by atoms with Crippen LogP contribution in [0.4, 0.5) is 5.82 Å². The fourth-order valence-corrected chi connectivity index (χ4v) is 3.05. The van der Waals surface area contributed by atoms with Gasteiger partial charge in [0.15, 0.2) is 0 Å². The lowest BCUT2D eigenvalue weighted by molar-refractivity contribution is 0.102. The van der Waals surface area contributed by atoms with Gasteiger partial charge in [-0.25, -0.2) is 4.98 Å². The van der Waals surface area contributed by atoms with E-state index in [4.69, 9.17) is 4.74 Å². The van der Waals surface area contributed by atoms with Crippen LogP contribution in [0.25, 0.3) is 0 Å². The summed E-state index contributed by atoms with van der Waals surface area (Å²) in [7, 11) is 0. The number of nitriles is 1. The van der Waals surface area contributed by atoms with Crippen LogP contribution in [0.3, 0.4) is 0 Å². The van der Waals surface area contributed by atoms with Crippen LogP contribution in [0, 0.1) is 25.2 Å². The summed E-state index contributed by atoms with van der Waals surface area (Å²) in [4.78, 5) is 4.46. The van der Waals surface area contributed by atoms with Gasteiger partial charge in [-0.3, -0.25) is 0 Å². The van der Waals surface area contributed by atoms with Crippen molar-refractivity contribution >= 4 is 5.82 Å². The predicted octanol–water partition coefficient (Wildman–Crippen LogP) is 2.30. The Bertz CT molecular complexity index is 521. The third kappa shape index (κ3) is 1.85.